The first-order valence-electron chi connectivity index (χ1n) is 6.25. The van der Waals surface area contributed by atoms with Crippen LogP contribution >= 0.6 is 0 Å². The lowest BCUT2D eigenvalue weighted by atomic mass is 10.2. The van der Waals surface area contributed by atoms with Gasteiger partial charge in [-0.2, -0.15) is 5.10 Å². The number of guanidine groups is 1. The number of rotatable bonds is 2. The predicted molar refractivity (Wildman–Crippen MR) is 71.6 cm³/mol. The van der Waals surface area contributed by atoms with Gasteiger partial charge in [-0.1, -0.05) is 6.07 Å². The number of nitrogens with one attached hydrogen (secondary N) is 1. The lowest BCUT2D eigenvalue weighted by Gasteiger charge is -2.25. The van der Waals surface area contributed by atoms with Gasteiger partial charge in [0.1, 0.15) is 0 Å². The molecule has 5 heteroatoms. The Balaban J connectivity index is 1.75. The first kappa shape index (κ1) is 11.1. The third-order valence-electron chi connectivity index (χ3n) is 3.22. The van der Waals surface area contributed by atoms with Gasteiger partial charge in [0.15, 0.2) is 5.96 Å². The minimum atomic E-state index is 0.761. The number of aromatic nitrogens is 2. The van der Waals surface area contributed by atoms with Crippen molar-refractivity contribution in [3.8, 4) is 0 Å². The van der Waals surface area contributed by atoms with E-state index in [9.17, 15) is 0 Å². The quantitative estimate of drug-likeness (QED) is 0.859. The molecule has 0 spiro atoms. The second kappa shape index (κ2) is 4.68. The standard InChI is InChI=1S/C13H17N5/c1-17-7-4-6-14-13(17)15-9-11-10-16-18-8-3-2-5-12(11)18/h2-3,5,8,10H,4,6-7,9H2,1H3,(H,14,15). The molecule has 94 valence electrons. The van der Waals surface area contributed by atoms with E-state index in [-0.39, 0.29) is 0 Å². The average Bonchev–Trinajstić information content (AvgIpc) is 2.81. The lowest BCUT2D eigenvalue weighted by molar-refractivity contribution is 0.446. The van der Waals surface area contributed by atoms with Crippen LogP contribution in [0.5, 0.6) is 0 Å². The highest BCUT2D eigenvalue weighted by molar-refractivity contribution is 5.80. The summed E-state index contributed by atoms with van der Waals surface area (Å²) in [6, 6.07) is 6.09. The summed E-state index contributed by atoms with van der Waals surface area (Å²) in [5, 5.41) is 7.71. The number of hydrogen-bond acceptors (Lipinski definition) is 4. The Morgan fingerprint density at radius 1 is 1.39 bits per heavy atom. The van der Waals surface area contributed by atoms with Crippen molar-refractivity contribution in [1.82, 2.24) is 19.8 Å². The van der Waals surface area contributed by atoms with E-state index >= 15 is 0 Å². The van der Waals surface area contributed by atoms with Gasteiger partial charge in [0.2, 0.25) is 0 Å². The summed E-state index contributed by atoms with van der Waals surface area (Å²) >= 11 is 0. The molecule has 3 rings (SSSR count). The van der Waals surface area contributed by atoms with Gasteiger partial charge in [-0.25, -0.2) is 4.52 Å². The Labute approximate surface area is 106 Å². The van der Waals surface area contributed by atoms with Crippen molar-refractivity contribution in [1.29, 1.82) is 0 Å². The summed E-state index contributed by atoms with van der Waals surface area (Å²) < 4.78 is 1.89. The molecule has 0 saturated heterocycles. The smallest absolute Gasteiger partial charge is 0.193 e. The van der Waals surface area contributed by atoms with Crippen molar-refractivity contribution in [3.05, 3.63) is 36.2 Å². The summed E-state index contributed by atoms with van der Waals surface area (Å²) in [7, 11) is 2.07. The topological polar surface area (TPSA) is 44.9 Å². The molecule has 0 saturated carbocycles. The van der Waals surface area contributed by atoms with Gasteiger partial charge in [0, 0.05) is 38.4 Å². The van der Waals surface area contributed by atoms with Crippen LogP contribution in [0.15, 0.2) is 35.6 Å². The Bertz CT molecular complexity index is 572. The van der Waals surface area contributed by atoms with E-state index in [4.69, 9.17) is 0 Å². The molecule has 0 atom stereocenters. The number of fused-ring (bicyclic) bond motifs is 1. The molecule has 0 radical (unpaired) electrons. The summed E-state index contributed by atoms with van der Waals surface area (Å²) in [4.78, 5) is 6.66. The van der Waals surface area contributed by atoms with Crippen molar-refractivity contribution in [2.75, 3.05) is 20.1 Å². The zero-order valence-corrected chi connectivity index (χ0v) is 10.5. The van der Waals surface area contributed by atoms with Crippen LogP contribution in [-0.4, -0.2) is 40.6 Å². The second-order valence-electron chi connectivity index (χ2n) is 4.53. The lowest BCUT2D eigenvalue weighted by Crippen LogP contribution is -2.41. The molecule has 0 fully saturated rings. The number of pyridine rings is 1. The van der Waals surface area contributed by atoms with E-state index in [1.54, 1.807) is 0 Å². The SMILES string of the molecule is CN1CCCN=C1NCc1cnn2ccccc12. The minimum Gasteiger partial charge on any atom is -0.352 e. The third kappa shape index (κ3) is 2.03. The monoisotopic (exact) mass is 243 g/mol. The molecule has 18 heavy (non-hydrogen) atoms. The van der Waals surface area contributed by atoms with Gasteiger partial charge < -0.3 is 10.2 Å². The Morgan fingerprint density at radius 2 is 2.33 bits per heavy atom. The highest BCUT2D eigenvalue weighted by Crippen LogP contribution is 2.09. The normalized spacial score (nSPS) is 15.8. The fraction of sp³-hybridized carbons (Fsp3) is 0.385. The van der Waals surface area contributed by atoms with E-state index in [1.807, 2.05) is 29.0 Å². The van der Waals surface area contributed by atoms with Crippen molar-refractivity contribution < 1.29 is 0 Å². The van der Waals surface area contributed by atoms with E-state index < -0.39 is 0 Å². The van der Waals surface area contributed by atoms with Crippen LogP contribution in [0.2, 0.25) is 0 Å². The molecule has 5 nitrogen and oxygen atoms in total. The fourth-order valence-corrected chi connectivity index (χ4v) is 2.21. The van der Waals surface area contributed by atoms with Crippen molar-refractivity contribution in [2.24, 2.45) is 4.99 Å². The molecule has 3 heterocycles. The van der Waals surface area contributed by atoms with E-state index in [2.05, 4.69) is 33.4 Å². The maximum absolute atomic E-state index is 4.49. The predicted octanol–water partition coefficient (Wildman–Crippen LogP) is 1.12. The molecule has 0 unspecified atom stereocenters. The van der Waals surface area contributed by atoms with Crippen molar-refractivity contribution in [3.63, 3.8) is 0 Å². The molecule has 1 N–H and O–H groups in total. The molecule has 0 aromatic carbocycles. The number of nitrogens with zero attached hydrogens (tertiary/aromatic N) is 4. The first-order chi connectivity index (χ1) is 8.84. The maximum atomic E-state index is 4.49. The van der Waals surface area contributed by atoms with Crippen LogP contribution in [0.25, 0.3) is 5.52 Å². The Kier molecular flexibility index (Phi) is 2.88. The van der Waals surface area contributed by atoms with Crippen LogP contribution in [0.4, 0.5) is 0 Å². The molecule has 0 bridgehead atoms. The minimum absolute atomic E-state index is 0.761. The van der Waals surface area contributed by atoms with Gasteiger partial charge in [0.25, 0.3) is 0 Å². The molecule has 1 aliphatic rings. The summed E-state index contributed by atoms with van der Waals surface area (Å²) in [5.41, 5.74) is 2.33. The molecule has 2 aromatic rings. The second-order valence-corrected chi connectivity index (χ2v) is 4.53. The summed E-state index contributed by atoms with van der Waals surface area (Å²) in [5.74, 6) is 0.983. The largest absolute Gasteiger partial charge is 0.352 e. The van der Waals surface area contributed by atoms with E-state index in [0.717, 1.165) is 37.5 Å². The fourth-order valence-electron chi connectivity index (χ4n) is 2.21. The summed E-state index contributed by atoms with van der Waals surface area (Å²) in [6.45, 7) is 2.75. The number of aliphatic imine (C=N–C) groups is 1. The van der Waals surface area contributed by atoms with Crippen LogP contribution < -0.4 is 5.32 Å². The molecule has 0 aliphatic carbocycles. The summed E-state index contributed by atoms with van der Waals surface area (Å²) in [6.07, 6.45) is 5.01. The molecule has 2 aromatic heterocycles. The molecular formula is C13H17N5. The van der Waals surface area contributed by atoms with Crippen LogP contribution in [0, 0.1) is 0 Å². The van der Waals surface area contributed by atoms with Crippen LogP contribution in [-0.2, 0) is 6.54 Å². The Hall–Kier alpha value is -2.04. The highest BCUT2D eigenvalue weighted by atomic mass is 15.3. The van der Waals surface area contributed by atoms with Gasteiger partial charge in [-0.05, 0) is 18.6 Å². The third-order valence-corrected chi connectivity index (χ3v) is 3.22. The van der Waals surface area contributed by atoms with Gasteiger partial charge >= 0.3 is 0 Å². The molecular weight excluding hydrogens is 226 g/mol. The van der Waals surface area contributed by atoms with Crippen LogP contribution in [0.3, 0.4) is 0 Å². The van der Waals surface area contributed by atoms with E-state index in [1.165, 1.54) is 5.56 Å². The highest BCUT2D eigenvalue weighted by Gasteiger charge is 2.11. The van der Waals surface area contributed by atoms with Gasteiger partial charge in [-0.3, -0.25) is 4.99 Å². The van der Waals surface area contributed by atoms with Gasteiger partial charge in [-0.15, -0.1) is 0 Å². The molecule has 1 aliphatic heterocycles. The van der Waals surface area contributed by atoms with Gasteiger partial charge in [0.05, 0.1) is 11.7 Å². The van der Waals surface area contributed by atoms with Crippen LogP contribution in [0.1, 0.15) is 12.0 Å². The number of hydrogen-bond donors (Lipinski definition) is 1. The molecule has 0 amide bonds. The van der Waals surface area contributed by atoms with Crippen molar-refractivity contribution in [2.45, 2.75) is 13.0 Å². The Morgan fingerprint density at radius 3 is 3.22 bits per heavy atom. The maximum Gasteiger partial charge on any atom is 0.193 e. The zero-order valence-electron chi connectivity index (χ0n) is 10.5. The van der Waals surface area contributed by atoms with Crippen molar-refractivity contribution >= 4 is 11.5 Å². The average molecular weight is 243 g/mol. The zero-order chi connectivity index (χ0) is 12.4. The van der Waals surface area contributed by atoms with E-state index in [0.29, 0.717) is 0 Å². The first-order valence-corrected chi connectivity index (χ1v) is 6.25.